The minimum absolute atomic E-state index is 0.0766. The van der Waals surface area contributed by atoms with Gasteiger partial charge in [0, 0.05) is 19.2 Å². The largest absolute Gasteiger partial charge is 0.494 e. The number of carbonyl (C=O) groups is 1. The second-order valence-corrected chi connectivity index (χ2v) is 7.18. The van der Waals surface area contributed by atoms with Crippen molar-refractivity contribution in [2.24, 2.45) is 0 Å². The van der Waals surface area contributed by atoms with Gasteiger partial charge in [-0.3, -0.25) is 4.79 Å². The first-order chi connectivity index (χ1) is 13.0. The van der Waals surface area contributed by atoms with Crippen molar-refractivity contribution in [3.8, 4) is 16.3 Å². The summed E-state index contributed by atoms with van der Waals surface area (Å²) in [5.41, 5.74) is 2.51. The molecule has 0 fully saturated rings. The molecule has 6 heteroatoms. The Balaban J connectivity index is 1.73. The van der Waals surface area contributed by atoms with Crippen LogP contribution < -0.4 is 4.74 Å². The predicted octanol–water partition coefficient (Wildman–Crippen LogP) is 4.93. The van der Waals surface area contributed by atoms with Crippen LogP contribution in [0.15, 0.2) is 48.5 Å². The second kappa shape index (κ2) is 8.31. The number of thiazole rings is 1. The van der Waals surface area contributed by atoms with Gasteiger partial charge in [-0.1, -0.05) is 12.1 Å². The zero-order chi connectivity index (χ0) is 19.4. The fraction of sp³-hybridized carbons (Fsp3) is 0.238. The molecule has 0 aliphatic rings. The monoisotopic (exact) mass is 384 g/mol. The zero-order valence-electron chi connectivity index (χ0n) is 15.5. The molecule has 0 spiro atoms. The Morgan fingerprint density at radius 1 is 1.15 bits per heavy atom. The van der Waals surface area contributed by atoms with Crippen LogP contribution >= 0.6 is 11.3 Å². The van der Waals surface area contributed by atoms with Gasteiger partial charge < -0.3 is 9.64 Å². The highest BCUT2D eigenvalue weighted by molar-refractivity contribution is 7.17. The Hall–Kier alpha value is -2.73. The maximum Gasteiger partial charge on any atom is 0.265 e. The van der Waals surface area contributed by atoms with Gasteiger partial charge in [0.25, 0.3) is 5.91 Å². The number of aromatic nitrogens is 1. The van der Waals surface area contributed by atoms with Crippen LogP contribution in [-0.2, 0) is 6.54 Å². The summed E-state index contributed by atoms with van der Waals surface area (Å²) in [6.45, 7) is 4.88. The number of benzene rings is 2. The van der Waals surface area contributed by atoms with Crippen LogP contribution in [0.3, 0.4) is 0 Å². The van der Waals surface area contributed by atoms with Crippen molar-refractivity contribution < 1.29 is 13.9 Å². The fourth-order valence-corrected chi connectivity index (χ4v) is 3.75. The summed E-state index contributed by atoms with van der Waals surface area (Å²) in [5, 5.41) is 0.713. The van der Waals surface area contributed by atoms with Crippen molar-refractivity contribution in [3.05, 3.63) is 70.5 Å². The second-order valence-electron chi connectivity index (χ2n) is 6.18. The highest BCUT2D eigenvalue weighted by Gasteiger charge is 2.20. The van der Waals surface area contributed by atoms with Crippen LogP contribution in [0.2, 0.25) is 0 Å². The van der Waals surface area contributed by atoms with Gasteiger partial charge in [-0.15, -0.1) is 11.3 Å². The Morgan fingerprint density at radius 2 is 1.81 bits per heavy atom. The van der Waals surface area contributed by atoms with Crippen molar-refractivity contribution in [2.75, 3.05) is 13.7 Å². The number of carbonyl (C=O) groups excluding carboxylic acids is 1. The highest BCUT2D eigenvalue weighted by Crippen LogP contribution is 2.29. The summed E-state index contributed by atoms with van der Waals surface area (Å²) in [7, 11) is 1.77. The topological polar surface area (TPSA) is 42.4 Å². The smallest absolute Gasteiger partial charge is 0.265 e. The minimum Gasteiger partial charge on any atom is -0.494 e. The molecule has 0 atom stereocenters. The van der Waals surface area contributed by atoms with Crippen molar-refractivity contribution in [2.45, 2.75) is 20.4 Å². The van der Waals surface area contributed by atoms with Crippen LogP contribution in [0.25, 0.3) is 10.6 Å². The van der Waals surface area contributed by atoms with Crippen LogP contribution in [0.5, 0.6) is 5.75 Å². The van der Waals surface area contributed by atoms with Crippen LogP contribution in [0.4, 0.5) is 4.39 Å². The van der Waals surface area contributed by atoms with E-state index in [0.717, 1.165) is 16.9 Å². The molecule has 0 bridgehead atoms. The molecule has 140 valence electrons. The average molecular weight is 384 g/mol. The third kappa shape index (κ3) is 4.52. The van der Waals surface area contributed by atoms with E-state index < -0.39 is 0 Å². The molecule has 4 nitrogen and oxygen atoms in total. The van der Waals surface area contributed by atoms with Crippen LogP contribution in [-0.4, -0.2) is 29.4 Å². The number of rotatable bonds is 6. The van der Waals surface area contributed by atoms with Gasteiger partial charge in [0.1, 0.15) is 21.5 Å². The van der Waals surface area contributed by atoms with Gasteiger partial charge >= 0.3 is 0 Å². The van der Waals surface area contributed by atoms with Gasteiger partial charge in [0.15, 0.2) is 0 Å². The van der Waals surface area contributed by atoms with E-state index in [0.29, 0.717) is 28.7 Å². The molecule has 3 aromatic rings. The summed E-state index contributed by atoms with van der Waals surface area (Å²) in [4.78, 5) is 19.6. The number of halogens is 1. The summed E-state index contributed by atoms with van der Waals surface area (Å²) in [6.07, 6.45) is 0. The molecule has 0 radical (unpaired) electrons. The molecule has 1 heterocycles. The van der Waals surface area contributed by atoms with E-state index in [9.17, 15) is 9.18 Å². The molecule has 3 rings (SSSR count). The summed E-state index contributed by atoms with van der Waals surface area (Å²) in [5.74, 6) is 0.447. The fourth-order valence-electron chi connectivity index (χ4n) is 2.69. The number of hydrogen-bond donors (Lipinski definition) is 0. The molecular weight excluding hydrogens is 363 g/mol. The van der Waals surface area contributed by atoms with Crippen molar-refractivity contribution in [1.29, 1.82) is 0 Å². The molecular formula is C21H21FN2O2S. The van der Waals surface area contributed by atoms with Crippen LogP contribution in [0, 0.1) is 12.7 Å². The SMILES string of the molecule is CCOc1ccc(CN(C)C(=O)c2sc(-c3ccc(F)cc3)nc2C)cc1. The van der Waals surface area contributed by atoms with Gasteiger partial charge in [0.05, 0.1) is 12.3 Å². The molecule has 0 N–H and O–H groups in total. The minimum atomic E-state index is -0.293. The molecule has 0 saturated heterocycles. The molecule has 1 amide bonds. The molecule has 0 aliphatic carbocycles. The quantitative estimate of drug-likeness (QED) is 0.605. The third-order valence-electron chi connectivity index (χ3n) is 4.08. The molecule has 2 aromatic carbocycles. The van der Waals surface area contributed by atoms with E-state index in [1.165, 1.54) is 23.5 Å². The molecule has 0 aliphatic heterocycles. The van der Waals surface area contributed by atoms with E-state index >= 15 is 0 Å². The number of ether oxygens (including phenoxy) is 1. The van der Waals surface area contributed by atoms with Gasteiger partial charge in [-0.25, -0.2) is 9.37 Å². The summed E-state index contributed by atoms with van der Waals surface area (Å²) < 4.78 is 18.6. The Kier molecular flexibility index (Phi) is 5.86. The van der Waals surface area contributed by atoms with Crippen molar-refractivity contribution in [3.63, 3.8) is 0 Å². The summed E-state index contributed by atoms with van der Waals surface area (Å²) >= 11 is 1.33. The number of amides is 1. The predicted molar refractivity (Wildman–Crippen MR) is 106 cm³/mol. The lowest BCUT2D eigenvalue weighted by Crippen LogP contribution is -2.26. The zero-order valence-corrected chi connectivity index (χ0v) is 16.3. The maximum absolute atomic E-state index is 13.1. The maximum atomic E-state index is 13.1. The first-order valence-corrected chi connectivity index (χ1v) is 9.50. The molecule has 0 saturated carbocycles. The van der Waals surface area contributed by atoms with Crippen molar-refractivity contribution >= 4 is 17.2 Å². The Morgan fingerprint density at radius 3 is 2.44 bits per heavy atom. The van der Waals surface area contributed by atoms with Crippen molar-refractivity contribution in [1.82, 2.24) is 9.88 Å². The number of aryl methyl sites for hydroxylation is 1. The first-order valence-electron chi connectivity index (χ1n) is 8.68. The lowest BCUT2D eigenvalue weighted by atomic mass is 10.2. The molecule has 27 heavy (non-hydrogen) atoms. The molecule has 0 unspecified atom stereocenters. The van der Waals surface area contributed by atoms with E-state index in [4.69, 9.17) is 4.74 Å². The van der Waals surface area contributed by atoms with E-state index in [1.807, 2.05) is 38.1 Å². The highest BCUT2D eigenvalue weighted by atomic mass is 32.1. The first kappa shape index (κ1) is 19.0. The number of nitrogens with zero attached hydrogens (tertiary/aromatic N) is 2. The standard InChI is InChI=1S/C21H21FN2O2S/c1-4-26-18-11-5-15(6-12-18)13-24(3)21(25)19-14(2)23-20(27-19)16-7-9-17(22)10-8-16/h5-12H,4,13H2,1-3H3. The number of hydrogen-bond acceptors (Lipinski definition) is 4. The third-order valence-corrected chi connectivity index (χ3v) is 5.28. The average Bonchev–Trinajstić information content (AvgIpc) is 3.05. The van der Waals surface area contributed by atoms with E-state index in [1.54, 1.807) is 24.1 Å². The Bertz CT molecular complexity index is 920. The Labute approximate surface area is 162 Å². The molecule has 1 aromatic heterocycles. The summed E-state index contributed by atoms with van der Waals surface area (Å²) in [6, 6.07) is 13.9. The van der Waals surface area contributed by atoms with Gasteiger partial charge in [-0.05, 0) is 55.8 Å². The lowest BCUT2D eigenvalue weighted by molar-refractivity contribution is 0.0789. The normalized spacial score (nSPS) is 10.7. The van der Waals surface area contributed by atoms with Gasteiger partial charge in [-0.2, -0.15) is 0 Å². The van der Waals surface area contributed by atoms with Gasteiger partial charge in [0.2, 0.25) is 0 Å². The van der Waals surface area contributed by atoms with Crippen LogP contribution in [0.1, 0.15) is 27.9 Å². The lowest BCUT2D eigenvalue weighted by Gasteiger charge is -2.17. The van der Waals surface area contributed by atoms with E-state index in [2.05, 4.69) is 4.98 Å². The van der Waals surface area contributed by atoms with E-state index in [-0.39, 0.29) is 11.7 Å².